The first kappa shape index (κ1) is 13.4. The molecule has 98 valence electrons. The summed E-state index contributed by atoms with van der Waals surface area (Å²) in [7, 11) is 0. The van der Waals surface area contributed by atoms with Gasteiger partial charge in [0.1, 0.15) is 0 Å². The van der Waals surface area contributed by atoms with Crippen molar-refractivity contribution in [3.05, 3.63) is 28.8 Å². The largest absolute Gasteiger partial charge is 0.372 e. The van der Waals surface area contributed by atoms with Crippen LogP contribution in [-0.2, 0) is 4.74 Å². The van der Waals surface area contributed by atoms with Crippen LogP contribution in [0.3, 0.4) is 0 Å². The molecule has 1 aliphatic rings. The number of halogens is 1. The number of ketones is 1. The summed E-state index contributed by atoms with van der Waals surface area (Å²) in [6.45, 7) is 7.30. The lowest BCUT2D eigenvalue weighted by atomic mass is 10.1. The van der Waals surface area contributed by atoms with Gasteiger partial charge in [0, 0.05) is 18.7 Å². The summed E-state index contributed by atoms with van der Waals surface area (Å²) < 4.78 is 5.70. The molecule has 0 aliphatic carbocycles. The maximum Gasteiger partial charge on any atom is 0.159 e. The van der Waals surface area contributed by atoms with Gasteiger partial charge in [-0.3, -0.25) is 4.79 Å². The first-order valence-corrected chi connectivity index (χ1v) is 6.56. The number of hydrogen-bond acceptors (Lipinski definition) is 3. The van der Waals surface area contributed by atoms with Crippen LogP contribution in [-0.4, -0.2) is 31.1 Å². The van der Waals surface area contributed by atoms with Crippen LogP contribution in [0.4, 0.5) is 5.69 Å². The molecule has 0 spiro atoms. The Bertz CT molecular complexity index is 451. The molecule has 0 saturated carbocycles. The van der Waals surface area contributed by atoms with Crippen LogP contribution in [0.25, 0.3) is 0 Å². The van der Waals surface area contributed by atoms with Gasteiger partial charge in [-0.25, -0.2) is 0 Å². The minimum absolute atomic E-state index is 0.0344. The maximum absolute atomic E-state index is 11.3. The van der Waals surface area contributed by atoms with Gasteiger partial charge < -0.3 is 9.64 Å². The summed E-state index contributed by atoms with van der Waals surface area (Å²) in [5, 5.41) is 0.629. The van der Waals surface area contributed by atoms with Crippen molar-refractivity contribution in [1.29, 1.82) is 0 Å². The summed E-state index contributed by atoms with van der Waals surface area (Å²) in [6, 6.07) is 5.49. The molecular formula is C14H18ClNO2. The summed E-state index contributed by atoms with van der Waals surface area (Å²) in [5.74, 6) is 0.0344. The third kappa shape index (κ3) is 2.85. The number of benzene rings is 1. The smallest absolute Gasteiger partial charge is 0.159 e. The van der Waals surface area contributed by atoms with E-state index in [0.717, 1.165) is 18.8 Å². The highest BCUT2D eigenvalue weighted by atomic mass is 35.5. The highest BCUT2D eigenvalue weighted by Crippen LogP contribution is 2.29. The number of anilines is 1. The van der Waals surface area contributed by atoms with Gasteiger partial charge in [-0.05, 0) is 39.0 Å². The second-order valence-electron chi connectivity index (χ2n) is 4.88. The molecule has 0 amide bonds. The Kier molecular flexibility index (Phi) is 3.93. The first-order chi connectivity index (χ1) is 8.47. The lowest BCUT2D eigenvalue weighted by molar-refractivity contribution is -0.00521. The van der Waals surface area contributed by atoms with Crippen molar-refractivity contribution in [2.45, 2.75) is 33.0 Å². The molecule has 2 unspecified atom stereocenters. The Labute approximate surface area is 113 Å². The second kappa shape index (κ2) is 5.29. The van der Waals surface area contributed by atoms with Crippen molar-refractivity contribution in [1.82, 2.24) is 0 Å². The molecule has 18 heavy (non-hydrogen) atoms. The zero-order valence-electron chi connectivity index (χ0n) is 10.9. The van der Waals surface area contributed by atoms with E-state index in [1.165, 1.54) is 0 Å². The van der Waals surface area contributed by atoms with Gasteiger partial charge in [0.2, 0.25) is 0 Å². The van der Waals surface area contributed by atoms with E-state index in [0.29, 0.717) is 10.6 Å². The predicted octanol–water partition coefficient (Wildman–Crippen LogP) is 3.16. The molecule has 1 fully saturated rings. The van der Waals surface area contributed by atoms with Gasteiger partial charge in [-0.2, -0.15) is 0 Å². The van der Waals surface area contributed by atoms with Gasteiger partial charge in [0.15, 0.2) is 5.78 Å². The molecule has 0 N–H and O–H groups in total. The van der Waals surface area contributed by atoms with Gasteiger partial charge in [-0.1, -0.05) is 11.6 Å². The highest BCUT2D eigenvalue weighted by molar-refractivity contribution is 6.33. The van der Waals surface area contributed by atoms with Crippen LogP contribution in [0.15, 0.2) is 18.2 Å². The normalized spacial score (nSPS) is 24.1. The van der Waals surface area contributed by atoms with E-state index in [9.17, 15) is 4.79 Å². The molecule has 1 aromatic carbocycles. The number of hydrogen-bond donors (Lipinski definition) is 0. The van der Waals surface area contributed by atoms with Crippen molar-refractivity contribution >= 4 is 23.1 Å². The highest BCUT2D eigenvalue weighted by Gasteiger charge is 2.23. The Balaban J connectivity index is 2.25. The molecule has 2 rings (SSSR count). The molecule has 3 nitrogen and oxygen atoms in total. The Morgan fingerprint density at radius 3 is 2.44 bits per heavy atom. The second-order valence-corrected chi connectivity index (χ2v) is 5.29. The molecule has 4 heteroatoms. The minimum Gasteiger partial charge on any atom is -0.372 e. The molecule has 1 aromatic rings. The van der Waals surface area contributed by atoms with Gasteiger partial charge in [0.25, 0.3) is 0 Å². The molecule has 1 saturated heterocycles. The first-order valence-electron chi connectivity index (χ1n) is 6.18. The van der Waals surface area contributed by atoms with E-state index < -0.39 is 0 Å². The predicted molar refractivity (Wildman–Crippen MR) is 73.7 cm³/mol. The summed E-state index contributed by atoms with van der Waals surface area (Å²) in [5.41, 5.74) is 1.63. The molecule has 1 heterocycles. The third-order valence-electron chi connectivity index (χ3n) is 3.11. The van der Waals surface area contributed by atoms with E-state index in [1.54, 1.807) is 13.0 Å². The van der Waals surface area contributed by atoms with Crippen molar-refractivity contribution in [3.8, 4) is 0 Å². The van der Waals surface area contributed by atoms with E-state index in [1.807, 2.05) is 12.1 Å². The topological polar surface area (TPSA) is 29.5 Å². The number of nitrogens with zero attached hydrogens (tertiary/aromatic N) is 1. The van der Waals surface area contributed by atoms with Gasteiger partial charge in [-0.15, -0.1) is 0 Å². The number of carbonyl (C=O) groups excluding carboxylic acids is 1. The minimum atomic E-state index is 0.0344. The van der Waals surface area contributed by atoms with Crippen LogP contribution >= 0.6 is 11.6 Å². The number of ether oxygens (including phenoxy) is 1. The van der Waals surface area contributed by atoms with Crippen LogP contribution in [0.1, 0.15) is 31.1 Å². The summed E-state index contributed by atoms with van der Waals surface area (Å²) in [6.07, 6.45) is 0.384. The SMILES string of the molecule is CC(=O)c1ccc(N2CC(C)OC(C)C2)c(Cl)c1. The van der Waals surface area contributed by atoms with Crippen LogP contribution in [0.5, 0.6) is 0 Å². The fourth-order valence-electron chi connectivity index (χ4n) is 2.36. The summed E-state index contributed by atoms with van der Waals surface area (Å²) >= 11 is 6.27. The molecule has 0 radical (unpaired) electrons. The van der Waals surface area contributed by atoms with Crippen molar-refractivity contribution in [3.63, 3.8) is 0 Å². The Morgan fingerprint density at radius 1 is 1.33 bits per heavy atom. The quantitative estimate of drug-likeness (QED) is 0.771. The fourth-order valence-corrected chi connectivity index (χ4v) is 2.66. The standard InChI is InChI=1S/C14H18ClNO2/c1-9-7-16(8-10(2)18-9)14-5-4-12(11(3)17)6-13(14)15/h4-6,9-10H,7-8H2,1-3H3. The number of morpholine rings is 1. The van der Waals surface area contributed by atoms with Crippen molar-refractivity contribution < 1.29 is 9.53 Å². The average Bonchev–Trinajstić information content (AvgIpc) is 2.27. The lowest BCUT2D eigenvalue weighted by Gasteiger charge is -2.37. The number of rotatable bonds is 2. The fraction of sp³-hybridized carbons (Fsp3) is 0.500. The Morgan fingerprint density at radius 2 is 1.94 bits per heavy atom. The van der Waals surface area contributed by atoms with Gasteiger partial charge in [0.05, 0.1) is 22.9 Å². The zero-order valence-corrected chi connectivity index (χ0v) is 11.7. The average molecular weight is 268 g/mol. The maximum atomic E-state index is 11.3. The van der Waals surface area contributed by atoms with Gasteiger partial charge >= 0.3 is 0 Å². The third-order valence-corrected chi connectivity index (χ3v) is 3.42. The zero-order chi connectivity index (χ0) is 13.3. The molecule has 0 aromatic heterocycles. The number of carbonyl (C=O) groups is 1. The van der Waals surface area contributed by atoms with E-state index >= 15 is 0 Å². The van der Waals surface area contributed by atoms with Crippen molar-refractivity contribution in [2.24, 2.45) is 0 Å². The van der Waals surface area contributed by atoms with E-state index in [-0.39, 0.29) is 18.0 Å². The van der Waals surface area contributed by atoms with E-state index in [4.69, 9.17) is 16.3 Å². The van der Waals surface area contributed by atoms with Crippen LogP contribution in [0, 0.1) is 0 Å². The molecule has 2 atom stereocenters. The molecule has 1 aliphatic heterocycles. The number of Topliss-reactive ketones (excluding diaryl/α,β-unsaturated/α-hetero) is 1. The monoisotopic (exact) mass is 267 g/mol. The van der Waals surface area contributed by atoms with Crippen LogP contribution < -0.4 is 4.90 Å². The Hall–Kier alpha value is -1.06. The summed E-state index contributed by atoms with van der Waals surface area (Å²) in [4.78, 5) is 13.5. The molecule has 0 bridgehead atoms. The van der Waals surface area contributed by atoms with E-state index in [2.05, 4.69) is 18.7 Å². The van der Waals surface area contributed by atoms with Crippen LogP contribution in [0.2, 0.25) is 5.02 Å². The molecular weight excluding hydrogens is 250 g/mol. The van der Waals surface area contributed by atoms with Crippen molar-refractivity contribution in [2.75, 3.05) is 18.0 Å². The lowest BCUT2D eigenvalue weighted by Crippen LogP contribution is -2.45.